The molecule has 1 aliphatic carbocycles. The number of aromatic nitrogens is 3. The maximum atomic E-state index is 12.4. The number of hydrogen-bond acceptors (Lipinski definition) is 4. The molecule has 0 unspecified atom stereocenters. The Balaban J connectivity index is 1.77. The molecule has 3 rings (SSSR count). The monoisotopic (exact) mass is 286 g/mol. The summed E-state index contributed by atoms with van der Waals surface area (Å²) in [6.07, 6.45) is 6.92. The molecule has 0 saturated carbocycles. The number of rotatable bonds is 3. The molecule has 2 aromatic heterocycles. The van der Waals surface area contributed by atoms with Crippen LogP contribution in [0, 0.1) is 0 Å². The first-order chi connectivity index (χ1) is 10.3. The van der Waals surface area contributed by atoms with Gasteiger partial charge in [-0.3, -0.25) is 9.89 Å². The van der Waals surface area contributed by atoms with Crippen molar-refractivity contribution in [2.24, 2.45) is 0 Å². The number of carbonyl (C=O) groups is 1. The maximum absolute atomic E-state index is 12.4. The van der Waals surface area contributed by atoms with Crippen LogP contribution in [0.15, 0.2) is 18.3 Å². The molecule has 6 nitrogen and oxygen atoms in total. The van der Waals surface area contributed by atoms with E-state index in [1.54, 1.807) is 25.4 Å². The Kier molecular flexibility index (Phi) is 3.85. The molecule has 2 aromatic rings. The number of amides is 1. The van der Waals surface area contributed by atoms with Crippen LogP contribution in [-0.2, 0) is 12.8 Å². The fourth-order valence-electron chi connectivity index (χ4n) is 2.61. The number of aryl methyl sites for hydroxylation is 1. The lowest BCUT2D eigenvalue weighted by atomic mass is 10.1. The van der Waals surface area contributed by atoms with Gasteiger partial charge in [-0.05, 0) is 31.7 Å². The van der Waals surface area contributed by atoms with Crippen molar-refractivity contribution in [3.8, 4) is 5.88 Å². The van der Waals surface area contributed by atoms with Crippen molar-refractivity contribution in [2.45, 2.75) is 32.1 Å². The topological polar surface area (TPSA) is 79.9 Å². The van der Waals surface area contributed by atoms with Crippen LogP contribution in [0.1, 0.15) is 41.0 Å². The van der Waals surface area contributed by atoms with Crippen molar-refractivity contribution in [2.75, 3.05) is 12.4 Å². The molecule has 0 fully saturated rings. The third-order valence-corrected chi connectivity index (χ3v) is 3.72. The van der Waals surface area contributed by atoms with Crippen LogP contribution in [0.2, 0.25) is 0 Å². The Morgan fingerprint density at radius 1 is 1.29 bits per heavy atom. The molecular formula is C15H18N4O2. The van der Waals surface area contributed by atoms with Crippen LogP contribution >= 0.6 is 0 Å². The minimum Gasteiger partial charge on any atom is -0.481 e. The summed E-state index contributed by atoms with van der Waals surface area (Å²) in [4.78, 5) is 16.4. The number of nitrogens with zero attached hydrogens (tertiary/aromatic N) is 2. The summed E-state index contributed by atoms with van der Waals surface area (Å²) in [5.74, 6) is 0.322. The van der Waals surface area contributed by atoms with Gasteiger partial charge in [0, 0.05) is 17.3 Å². The van der Waals surface area contributed by atoms with Crippen LogP contribution in [0.4, 0.5) is 5.69 Å². The number of H-pyrrole nitrogens is 1. The van der Waals surface area contributed by atoms with Gasteiger partial charge < -0.3 is 10.1 Å². The molecule has 1 aliphatic rings. The van der Waals surface area contributed by atoms with Crippen molar-refractivity contribution >= 4 is 11.6 Å². The zero-order chi connectivity index (χ0) is 14.7. The molecule has 0 saturated heterocycles. The number of nitrogens with one attached hydrogen (secondary N) is 2. The smallest absolute Gasteiger partial charge is 0.276 e. The Bertz CT molecular complexity index is 634. The first-order valence-electron chi connectivity index (χ1n) is 7.15. The van der Waals surface area contributed by atoms with Gasteiger partial charge in [0.1, 0.15) is 0 Å². The molecular weight excluding hydrogens is 268 g/mol. The fourth-order valence-corrected chi connectivity index (χ4v) is 2.61. The molecule has 21 heavy (non-hydrogen) atoms. The van der Waals surface area contributed by atoms with E-state index in [-0.39, 0.29) is 5.91 Å². The van der Waals surface area contributed by atoms with Gasteiger partial charge in [-0.1, -0.05) is 6.42 Å². The van der Waals surface area contributed by atoms with Crippen molar-refractivity contribution < 1.29 is 9.53 Å². The predicted molar refractivity (Wildman–Crippen MR) is 78.6 cm³/mol. The van der Waals surface area contributed by atoms with Crippen LogP contribution in [0.25, 0.3) is 0 Å². The van der Waals surface area contributed by atoms with Crippen LogP contribution in [-0.4, -0.2) is 28.2 Å². The maximum Gasteiger partial charge on any atom is 0.276 e. The van der Waals surface area contributed by atoms with Gasteiger partial charge in [0.05, 0.1) is 19.0 Å². The molecule has 1 amide bonds. The van der Waals surface area contributed by atoms with Crippen molar-refractivity contribution in [3.63, 3.8) is 0 Å². The van der Waals surface area contributed by atoms with Crippen molar-refractivity contribution in [1.82, 2.24) is 15.2 Å². The standard InChI is InChI=1S/C15H18N4O2/c1-21-13-8-7-10(9-16-13)17-15(20)14-11-5-3-2-4-6-12(11)18-19-14/h7-9H,2-6H2,1H3,(H,17,20)(H,18,19). The van der Waals surface area contributed by atoms with Gasteiger partial charge in [-0.15, -0.1) is 0 Å². The van der Waals surface area contributed by atoms with Gasteiger partial charge in [0.15, 0.2) is 5.69 Å². The van der Waals surface area contributed by atoms with Gasteiger partial charge in [0.25, 0.3) is 5.91 Å². The molecule has 0 bridgehead atoms. The Morgan fingerprint density at radius 2 is 2.14 bits per heavy atom. The molecule has 0 atom stereocenters. The molecule has 0 spiro atoms. The molecule has 2 N–H and O–H groups in total. The minimum atomic E-state index is -0.193. The second-order valence-electron chi connectivity index (χ2n) is 5.13. The van der Waals surface area contributed by atoms with E-state index in [0.717, 1.165) is 36.9 Å². The zero-order valence-electron chi connectivity index (χ0n) is 12.0. The summed E-state index contributed by atoms with van der Waals surface area (Å²) in [5.41, 5.74) is 3.30. The van der Waals surface area contributed by atoms with Crippen LogP contribution < -0.4 is 10.1 Å². The first-order valence-corrected chi connectivity index (χ1v) is 7.15. The lowest BCUT2D eigenvalue weighted by Crippen LogP contribution is -2.14. The lowest BCUT2D eigenvalue weighted by Gasteiger charge is -2.05. The average Bonchev–Trinajstić information content (AvgIpc) is 2.77. The number of aromatic amines is 1. The summed E-state index contributed by atoms with van der Waals surface area (Å²) < 4.78 is 4.99. The number of pyridine rings is 1. The number of hydrogen-bond donors (Lipinski definition) is 2. The number of anilines is 1. The Labute approximate surface area is 122 Å². The number of methoxy groups -OCH3 is 1. The van der Waals surface area contributed by atoms with Crippen molar-refractivity contribution in [1.29, 1.82) is 0 Å². The van der Waals surface area contributed by atoms with E-state index in [0.29, 0.717) is 17.3 Å². The normalized spacial score (nSPS) is 14.1. The van der Waals surface area contributed by atoms with Gasteiger partial charge in [-0.25, -0.2) is 4.98 Å². The number of ether oxygens (including phenoxy) is 1. The molecule has 6 heteroatoms. The summed E-state index contributed by atoms with van der Waals surface area (Å²) >= 11 is 0. The van der Waals surface area contributed by atoms with E-state index in [2.05, 4.69) is 20.5 Å². The minimum absolute atomic E-state index is 0.193. The molecule has 0 aliphatic heterocycles. The highest BCUT2D eigenvalue weighted by Crippen LogP contribution is 2.22. The quantitative estimate of drug-likeness (QED) is 0.849. The van der Waals surface area contributed by atoms with Gasteiger partial charge in [-0.2, -0.15) is 5.10 Å². The number of fused-ring (bicyclic) bond motifs is 1. The van der Waals surface area contributed by atoms with E-state index < -0.39 is 0 Å². The van der Waals surface area contributed by atoms with E-state index in [1.165, 1.54) is 6.42 Å². The largest absolute Gasteiger partial charge is 0.481 e. The SMILES string of the molecule is COc1ccc(NC(=O)c2n[nH]c3c2CCCCC3)cn1. The first kappa shape index (κ1) is 13.6. The molecule has 0 radical (unpaired) electrons. The predicted octanol–water partition coefficient (Wildman–Crippen LogP) is 2.33. The van der Waals surface area contributed by atoms with Crippen LogP contribution in [0.3, 0.4) is 0 Å². The van der Waals surface area contributed by atoms with Gasteiger partial charge >= 0.3 is 0 Å². The van der Waals surface area contributed by atoms with Crippen molar-refractivity contribution in [3.05, 3.63) is 35.3 Å². The summed E-state index contributed by atoms with van der Waals surface area (Å²) in [7, 11) is 1.56. The summed E-state index contributed by atoms with van der Waals surface area (Å²) in [6.45, 7) is 0. The second-order valence-corrected chi connectivity index (χ2v) is 5.13. The van der Waals surface area contributed by atoms with Gasteiger partial charge in [0.2, 0.25) is 5.88 Å². The zero-order valence-corrected chi connectivity index (χ0v) is 12.0. The summed E-state index contributed by atoms with van der Waals surface area (Å²) in [6, 6.07) is 3.47. The Morgan fingerprint density at radius 3 is 2.90 bits per heavy atom. The third-order valence-electron chi connectivity index (χ3n) is 3.72. The second kappa shape index (κ2) is 5.95. The highest BCUT2D eigenvalue weighted by atomic mass is 16.5. The van der Waals surface area contributed by atoms with E-state index >= 15 is 0 Å². The highest BCUT2D eigenvalue weighted by Gasteiger charge is 2.20. The molecule has 2 heterocycles. The molecule has 110 valence electrons. The van der Waals surface area contributed by atoms with E-state index in [1.807, 2.05) is 0 Å². The Hall–Kier alpha value is -2.37. The summed E-state index contributed by atoms with van der Waals surface area (Å²) in [5, 5.41) is 10.0. The fraction of sp³-hybridized carbons (Fsp3) is 0.400. The highest BCUT2D eigenvalue weighted by molar-refractivity contribution is 6.03. The third kappa shape index (κ3) is 2.89. The average molecular weight is 286 g/mol. The number of carbonyl (C=O) groups excluding carboxylic acids is 1. The van der Waals surface area contributed by atoms with E-state index in [9.17, 15) is 4.79 Å². The van der Waals surface area contributed by atoms with E-state index in [4.69, 9.17) is 4.74 Å². The molecule has 0 aromatic carbocycles. The lowest BCUT2D eigenvalue weighted by molar-refractivity contribution is 0.102. The van der Waals surface area contributed by atoms with Crippen LogP contribution in [0.5, 0.6) is 5.88 Å².